The van der Waals surface area contributed by atoms with E-state index in [2.05, 4.69) is 71.9 Å². The lowest BCUT2D eigenvalue weighted by Crippen LogP contribution is -2.14. The van der Waals surface area contributed by atoms with Gasteiger partial charge in [0.2, 0.25) is 0 Å². The number of hydrogen-bond donors (Lipinski definition) is 0. The molecule has 0 aliphatic rings. The van der Waals surface area contributed by atoms with Crippen molar-refractivity contribution in [2.24, 2.45) is 0 Å². The van der Waals surface area contributed by atoms with Crippen LogP contribution in [-0.4, -0.2) is 0 Å². The molecule has 2 rings (SSSR count). The Morgan fingerprint density at radius 3 is 1.33 bits per heavy atom. The van der Waals surface area contributed by atoms with E-state index in [9.17, 15) is 0 Å². The first-order chi connectivity index (χ1) is 11.6. The van der Waals surface area contributed by atoms with Crippen molar-refractivity contribution in [3.05, 3.63) is 69.3 Å². The fraction of sp³-hybridized carbons (Fsp3) is 0.500. The molecule has 0 fully saturated rings. The highest BCUT2D eigenvalue weighted by Gasteiger charge is 2.23. The largest absolute Gasteiger partial charge is 0.0622 e. The lowest BCUT2D eigenvalue weighted by atomic mass is 9.76. The Labute approximate surface area is 149 Å². The van der Waals surface area contributed by atoms with Gasteiger partial charge in [0.1, 0.15) is 0 Å². The van der Waals surface area contributed by atoms with E-state index in [0.717, 1.165) is 32.1 Å². The van der Waals surface area contributed by atoms with E-state index in [4.69, 9.17) is 0 Å². The van der Waals surface area contributed by atoms with Crippen molar-refractivity contribution in [3.63, 3.8) is 0 Å². The standard InChI is InChI=1S/C24H34/c1-7-19-20(8-2)22(10-4)24(23(11-5)21(19)9-3)17(6)18-15-13-12-14-16-18/h12-17H,7-11H2,1-6H3. The Morgan fingerprint density at radius 1 is 0.583 bits per heavy atom. The molecule has 0 heterocycles. The SMILES string of the molecule is CCc1c(CC)c(CC)c(C(C)c2ccccc2)c(CC)c1CC. The maximum absolute atomic E-state index is 2.40. The summed E-state index contributed by atoms with van der Waals surface area (Å²) in [6, 6.07) is 11.0. The summed E-state index contributed by atoms with van der Waals surface area (Å²) >= 11 is 0. The average molecular weight is 323 g/mol. The molecule has 0 N–H and O–H groups in total. The summed E-state index contributed by atoms with van der Waals surface area (Å²) in [5, 5.41) is 0. The lowest BCUT2D eigenvalue weighted by molar-refractivity contribution is 0.823. The molecule has 0 bridgehead atoms. The van der Waals surface area contributed by atoms with Gasteiger partial charge < -0.3 is 0 Å². The molecule has 0 spiro atoms. The first kappa shape index (κ1) is 18.8. The van der Waals surface area contributed by atoms with Crippen LogP contribution in [-0.2, 0) is 32.1 Å². The van der Waals surface area contributed by atoms with Crippen molar-refractivity contribution < 1.29 is 0 Å². The van der Waals surface area contributed by atoms with Crippen LogP contribution in [0.2, 0.25) is 0 Å². The fourth-order valence-electron chi connectivity index (χ4n) is 4.57. The van der Waals surface area contributed by atoms with Crippen LogP contribution >= 0.6 is 0 Å². The summed E-state index contributed by atoms with van der Waals surface area (Å²) in [4.78, 5) is 0. The predicted molar refractivity (Wildman–Crippen MR) is 107 cm³/mol. The second-order valence-corrected chi connectivity index (χ2v) is 6.71. The molecule has 0 saturated heterocycles. The molecule has 1 unspecified atom stereocenters. The minimum absolute atomic E-state index is 0.470. The third-order valence-corrected chi connectivity index (χ3v) is 5.61. The van der Waals surface area contributed by atoms with Crippen LogP contribution in [0.3, 0.4) is 0 Å². The number of hydrogen-bond acceptors (Lipinski definition) is 0. The lowest BCUT2D eigenvalue weighted by Gasteiger charge is -2.28. The molecule has 0 aliphatic heterocycles. The maximum Gasteiger partial charge on any atom is 0.00666 e. The Hall–Kier alpha value is -1.56. The van der Waals surface area contributed by atoms with Gasteiger partial charge in [0, 0.05) is 5.92 Å². The van der Waals surface area contributed by atoms with E-state index >= 15 is 0 Å². The Bertz CT molecular complexity index is 631. The minimum Gasteiger partial charge on any atom is -0.0622 e. The molecule has 0 radical (unpaired) electrons. The third-order valence-electron chi connectivity index (χ3n) is 5.61. The number of rotatable bonds is 7. The third kappa shape index (κ3) is 3.29. The topological polar surface area (TPSA) is 0 Å². The molecule has 0 amide bonds. The zero-order valence-corrected chi connectivity index (χ0v) is 16.5. The monoisotopic (exact) mass is 322 g/mol. The Morgan fingerprint density at radius 2 is 0.958 bits per heavy atom. The van der Waals surface area contributed by atoms with E-state index in [-0.39, 0.29) is 0 Å². The molecule has 2 aromatic carbocycles. The van der Waals surface area contributed by atoms with Gasteiger partial charge in [-0.25, -0.2) is 0 Å². The van der Waals surface area contributed by atoms with E-state index in [1.165, 1.54) is 5.56 Å². The van der Waals surface area contributed by atoms with Crippen molar-refractivity contribution in [2.75, 3.05) is 0 Å². The molecular weight excluding hydrogens is 288 g/mol. The minimum atomic E-state index is 0.470. The molecule has 0 aliphatic carbocycles. The summed E-state index contributed by atoms with van der Waals surface area (Å²) in [6.07, 6.45) is 5.74. The molecule has 0 saturated carbocycles. The zero-order valence-electron chi connectivity index (χ0n) is 16.5. The van der Waals surface area contributed by atoms with Crippen LogP contribution in [0.25, 0.3) is 0 Å². The van der Waals surface area contributed by atoms with Crippen LogP contribution in [0.4, 0.5) is 0 Å². The van der Waals surface area contributed by atoms with Crippen LogP contribution in [0, 0.1) is 0 Å². The van der Waals surface area contributed by atoms with Crippen LogP contribution in [0.5, 0.6) is 0 Å². The molecule has 0 aromatic heterocycles. The first-order valence-electron chi connectivity index (χ1n) is 9.87. The normalized spacial score (nSPS) is 12.4. The molecule has 2 aromatic rings. The highest BCUT2D eigenvalue weighted by molar-refractivity contribution is 5.55. The molecule has 0 nitrogen and oxygen atoms in total. The van der Waals surface area contributed by atoms with Gasteiger partial charge in [-0.15, -0.1) is 0 Å². The average Bonchev–Trinajstić information content (AvgIpc) is 2.65. The summed E-state index contributed by atoms with van der Waals surface area (Å²) < 4.78 is 0. The second kappa shape index (κ2) is 8.51. The van der Waals surface area contributed by atoms with Crippen LogP contribution in [0.1, 0.15) is 86.4 Å². The van der Waals surface area contributed by atoms with Crippen molar-refractivity contribution in [1.29, 1.82) is 0 Å². The van der Waals surface area contributed by atoms with Crippen LogP contribution in [0.15, 0.2) is 30.3 Å². The van der Waals surface area contributed by atoms with Gasteiger partial charge in [-0.3, -0.25) is 0 Å². The van der Waals surface area contributed by atoms with E-state index in [1.54, 1.807) is 33.4 Å². The summed E-state index contributed by atoms with van der Waals surface area (Å²) in [5.74, 6) is 0.470. The van der Waals surface area contributed by atoms with Gasteiger partial charge in [0.25, 0.3) is 0 Å². The van der Waals surface area contributed by atoms with Gasteiger partial charge in [-0.2, -0.15) is 0 Å². The van der Waals surface area contributed by atoms with E-state index < -0.39 is 0 Å². The zero-order chi connectivity index (χ0) is 17.7. The quantitative estimate of drug-likeness (QED) is 0.535. The molecule has 0 heteroatoms. The second-order valence-electron chi connectivity index (χ2n) is 6.71. The summed E-state index contributed by atoms with van der Waals surface area (Å²) in [5.41, 5.74) is 11.2. The Balaban J connectivity index is 2.82. The van der Waals surface area contributed by atoms with Gasteiger partial charge in [-0.05, 0) is 71.0 Å². The molecular formula is C24H34. The van der Waals surface area contributed by atoms with Crippen molar-refractivity contribution in [2.45, 2.75) is 79.6 Å². The van der Waals surface area contributed by atoms with E-state index in [1.807, 2.05) is 0 Å². The highest BCUT2D eigenvalue weighted by atomic mass is 14.3. The van der Waals surface area contributed by atoms with Crippen molar-refractivity contribution in [3.8, 4) is 0 Å². The predicted octanol–water partition coefficient (Wildman–Crippen LogP) is 6.65. The summed E-state index contributed by atoms with van der Waals surface area (Å²) in [7, 11) is 0. The maximum atomic E-state index is 2.40. The molecule has 130 valence electrons. The van der Waals surface area contributed by atoms with Gasteiger partial charge in [-0.1, -0.05) is 71.9 Å². The first-order valence-corrected chi connectivity index (χ1v) is 9.87. The van der Waals surface area contributed by atoms with Crippen molar-refractivity contribution >= 4 is 0 Å². The van der Waals surface area contributed by atoms with Gasteiger partial charge in [0.15, 0.2) is 0 Å². The van der Waals surface area contributed by atoms with Gasteiger partial charge in [0.05, 0.1) is 0 Å². The fourth-order valence-corrected chi connectivity index (χ4v) is 4.57. The summed E-state index contributed by atoms with van der Waals surface area (Å²) in [6.45, 7) is 14.0. The van der Waals surface area contributed by atoms with Gasteiger partial charge >= 0.3 is 0 Å². The highest BCUT2D eigenvalue weighted by Crippen LogP contribution is 2.37. The molecule has 24 heavy (non-hydrogen) atoms. The number of benzene rings is 2. The van der Waals surface area contributed by atoms with Crippen LogP contribution < -0.4 is 0 Å². The smallest absolute Gasteiger partial charge is 0.00666 e. The van der Waals surface area contributed by atoms with E-state index in [0.29, 0.717) is 5.92 Å². The van der Waals surface area contributed by atoms with Crippen molar-refractivity contribution in [1.82, 2.24) is 0 Å². The molecule has 1 atom stereocenters. The Kier molecular flexibility index (Phi) is 6.66.